The summed E-state index contributed by atoms with van der Waals surface area (Å²) < 4.78 is 10.8. The maximum Gasteiger partial charge on any atom is 0.225 e. The van der Waals surface area contributed by atoms with E-state index in [0.29, 0.717) is 23.3 Å². The van der Waals surface area contributed by atoms with Crippen LogP contribution < -0.4 is 20.1 Å². The highest BCUT2D eigenvalue weighted by Gasteiger charge is 2.13. The molecule has 0 saturated carbocycles. The molecule has 3 aromatic rings. The number of nitrogens with zero attached hydrogens (tertiary/aromatic N) is 2. The first-order chi connectivity index (χ1) is 11.7. The van der Waals surface area contributed by atoms with Gasteiger partial charge in [-0.3, -0.25) is 0 Å². The van der Waals surface area contributed by atoms with E-state index in [1.807, 2.05) is 49.4 Å². The Morgan fingerprint density at radius 2 is 1.67 bits per heavy atom. The fourth-order valence-corrected chi connectivity index (χ4v) is 2.45. The Morgan fingerprint density at radius 1 is 0.958 bits per heavy atom. The Bertz CT molecular complexity index is 837. The first-order valence-electron chi connectivity index (χ1n) is 7.75. The minimum atomic E-state index is 0.565. The lowest BCUT2D eigenvalue weighted by atomic mass is 10.2. The highest BCUT2D eigenvalue weighted by molar-refractivity contribution is 5.94. The molecule has 0 radical (unpaired) electrons. The standard InChI is InChI=1S/C18H20N4O2/c1-4-19-18-21-14-11-16(24-3)15(23-2)10-13(14)17(22-18)20-12-8-6-5-7-9-12/h5-11H,4H2,1-3H3,(H2,19,20,21,22). The molecule has 0 atom stereocenters. The van der Waals surface area contributed by atoms with Crippen LogP contribution in [0, 0.1) is 0 Å². The van der Waals surface area contributed by atoms with Crippen molar-refractivity contribution in [2.45, 2.75) is 6.92 Å². The zero-order valence-electron chi connectivity index (χ0n) is 14.0. The first kappa shape index (κ1) is 15.9. The zero-order chi connectivity index (χ0) is 16.9. The summed E-state index contributed by atoms with van der Waals surface area (Å²) in [5, 5.41) is 7.36. The summed E-state index contributed by atoms with van der Waals surface area (Å²) in [4.78, 5) is 9.14. The van der Waals surface area contributed by atoms with E-state index in [-0.39, 0.29) is 0 Å². The monoisotopic (exact) mass is 324 g/mol. The van der Waals surface area contributed by atoms with Crippen LogP contribution >= 0.6 is 0 Å². The molecular formula is C18H20N4O2. The van der Waals surface area contributed by atoms with Gasteiger partial charge in [0.1, 0.15) is 5.82 Å². The van der Waals surface area contributed by atoms with Crippen LogP contribution in [-0.2, 0) is 0 Å². The van der Waals surface area contributed by atoms with E-state index < -0.39 is 0 Å². The molecule has 0 spiro atoms. The number of fused-ring (bicyclic) bond motifs is 1. The summed E-state index contributed by atoms with van der Waals surface area (Å²) in [7, 11) is 3.22. The lowest BCUT2D eigenvalue weighted by Crippen LogP contribution is -2.05. The predicted octanol–water partition coefficient (Wildman–Crippen LogP) is 3.82. The maximum atomic E-state index is 5.40. The average molecular weight is 324 g/mol. The maximum absolute atomic E-state index is 5.40. The van der Waals surface area contributed by atoms with Crippen LogP contribution in [0.5, 0.6) is 11.5 Å². The number of hydrogen-bond donors (Lipinski definition) is 2. The fraction of sp³-hybridized carbons (Fsp3) is 0.222. The van der Waals surface area contributed by atoms with Crippen molar-refractivity contribution in [1.29, 1.82) is 0 Å². The predicted molar refractivity (Wildman–Crippen MR) is 96.5 cm³/mol. The minimum absolute atomic E-state index is 0.565. The molecule has 2 N–H and O–H groups in total. The Morgan fingerprint density at radius 3 is 2.33 bits per heavy atom. The zero-order valence-corrected chi connectivity index (χ0v) is 14.0. The smallest absolute Gasteiger partial charge is 0.225 e. The lowest BCUT2D eigenvalue weighted by Gasteiger charge is -2.14. The van der Waals surface area contributed by atoms with Crippen LogP contribution in [0.25, 0.3) is 10.9 Å². The van der Waals surface area contributed by atoms with E-state index >= 15 is 0 Å². The van der Waals surface area contributed by atoms with Crippen LogP contribution in [0.1, 0.15) is 6.92 Å². The van der Waals surface area contributed by atoms with Crippen LogP contribution in [0.15, 0.2) is 42.5 Å². The van der Waals surface area contributed by atoms with Gasteiger partial charge in [-0.05, 0) is 25.1 Å². The van der Waals surface area contributed by atoms with Crippen molar-refractivity contribution in [3.05, 3.63) is 42.5 Å². The number of aromatic nitrogens is 2. The molecule has 0 aliphatic rings. The van der Waals surface area contributed by atoms with E-state index in [9.17, 15) is 0 Å². The topological polar surface area (TPSA) is 68.3 Å². The Kier molecular flexibility index (Phi) is 4.65. The molecule has 0 aliphatic heterocycles. The van der Waals surface area contributed by atoms with Crippen LogP contribution in [0.4, 0.5) is 17.5 Å². The fourth-order valence-electron chi connectivity index (χ4n) is 2.45. The van der Waals surface area contributed by atoms with E-state index in [4.69, 9.17) is 9.47 Å². The number of ether oxygens (including phenoxy) is 2. The SMILES string of the molecule is CCNc1nc(Nc2ccccc2)c2cc(OC)c(OC)cc2n1. The Hall–Kier alpha value is -3.02. The molecular weight excluding hydrogens is 304 g/mol. The number of rotatable bonds is 6. The van der Waals surface area contributed by atoms with Gasteiger partial charge in [-0.1, -0.05) is 18.2 Å². The van der Waals surface area contributed by atoms with E-state index in [1.165, 1.54) is 0 Å². The van der Waals surface area contributed by atoms with Gasteiger partial charge in [-0.15, -0.1) is 0 Å². The van der Waals surface area contributed by atoms with Crippen molar-refractivity contribution in [2.24, 2.45) is 0 Å². The summed E-state index contributed by atoms with van der Waals surface area (Å²) in [6.45, 7) is 2.75. The summed E-state index contributed by atoms with van der Waals surface area (Å²) in [5.74, 6) is 2.55. The van der Waals surface area contributed by atoms with Gasteiger partial charge in [0.05, 0.1) is 19.7 Å². The summed E-state index contributed by atoms with van der Waals surface area (Å²) in [6, 6.07) is 13.6. The highest BCUT2D eigenvalue weighted by atomic mass is 16.5. The third-order valence-corrected chi connectivity index (χ3v) is 3.57. The van der Waals surface area contributed by atoms with Gasteiger partial charge in [0, 0.05) is 23.7 Å². The molecule has 0 amide bonds. The Balaban J connectivity index is 2.16. The molecule has 6 nitrogen and oxygen atoms in total. The van der Waals surface area contributed by atoms with Crippen molar-refractivity contribution in [3.63, 3.8) is 0 Å². The molecule has 2 aromatic carbocycles. The van der Waals surface area contributed by atoms with Crippen LogP contribution in [0.2, 0.25) is 0 Å². The molecule has 3 rings (SSSR count). The summed E-state index contributed by atoms with van der Waals surface area (Å²) in [5.41, 5.74) is 1.73. The summed E-state index contributed by atoms with van der Waals surface area (Å²) >= 11 is 0. The number of benzene rings is 2. The minimum Gasteiger partial charge on any atom is -0.493 e. The number of hydrogen-bond acceptors (Lipinski definition) is 6. The Labute approximate surface area is 140 Å². The highest BCUT2D eigenvalue weighted by Crippen LogP contribution is 2.35. The van der Waals surface area contributed by atoms with Gasteiger partial charge in [0.2, 0.25) is 5.95 Å². The molecule has 124 valence electrons. The first-order valence-corrected chi connectivity index (χ1v) is 7.75. The second-order valence-corrected chi connectivity index (χ2v) is 5.14. The molecule has 24 heavy (non-hydrogen) atoms. The number of para-hydroxylation sites is 1. The van der Waals surface area contributed by atoms with Gasteiger partial charge in [0.25, 0.3) is 0 Å². The van der Waals surface area contributed by atoms with E-state index in [1.54, 1.807) is 14.2 Å². The average Bonchev–Trinajstić information content (AvgIpc) is 2.62. The number of anilines is 3. The van der Waals surface area contributed by atoms with E-state index in [0.717, 1.165) is 23.1 Å². The molecule has 6 heteroatoms. The lowest BCUT2D eigenvalue weighted by molar-refractivity contribution is 0.356. The van der Waals surface area contributed by atoms with E-state index in [2.05, 4.69) is 20.6 Å². The van der Waals surface area contributed by atoms with Gasteiger partial charge in [-0.2, -0.15) is 4.98 Å². The van der Waals surface area contributed by atoms with Crippen molar-refractivity contribution in [3.8, 4) is 11.5 Å². The van der Waals surface area contributed by atoms with Crippen molar-refractivity contribution < 1.29 is 9.47 Å². The van der Waals surface area contributed by atoms with Gasteiger partial charge < -0.3 is 20.1 Å². The molecule has 0 unspecified atom stereocenters. The molecule has 1 heterocycles. The van der Waals surface area contributed by atoms with Crippen molar-refractivity contribution in [2.75, 3.05) is 31.4 Å². The van der Waals surface area contributed by atoms with Crippen molar-refractivity contribution >= 4 is 28.4 Å². The molecule has 0 aliphatic carbocycles. The number of methoxy groups -OCH3 is 2. The van der Waals surface area contributed by atoms with Crippen molar-refractivity contribution in [1.82, 2.24) is 9.97 Å². The van der Waals surface area contributed by atoms with Gasteiger partial charge >= 0.3 is 0 Å². The third kappa shape index (κ3) is 3.17. The molecule has 0 fully saturated rings. The quantitative estimate of drug-likeness (QED) is 0.718. The van der Waals surface area contributed by atoms with Crippen LogP contribution in [-0.4, -0.2) is 30.7 Å². The van der Waals surface area contributed by atoms with Gasteiger partial charge in [-0.25, -0.2) is 4.98 Å². The second-order valence-electron chi connectivity index (χ2n) is 5.14. The molecule has 0 bridgehead atoms. The number of nitrogens with one attached hydrogen (secondary N) is 2. The third-order valence-electron chi connectivity index (χ3n) is 3.57. The second kappa shape index (κ2) is 7.04. The summed E-state index contributed by atoms with van der Waals surface area (Å²) in [6.07, 6.45) is 0. The molecule has 1 aromatic heterocycles. The van der Waals surface area contributed by atoms with Gasteiger partial charge in [0.15, 0.2) is 11.5 Å². The molecule has 0 saturated heterocycles. The van der Waals surface area contributed by atoms with Crippen LogP contribution in [0.3, 0.4) is 0 Å². The largest absolute Gasteiger partial charge is 0.493 e. The normalized spacial score (nSPS) is 10.5.